The summed E-state index contributed by atoms with van der Waals surface area (Å²) < 4.78 is 1.81. The van der Waals surface area contributed by atoms with E-state index in [1.807, 2.05) is 30.7 Å². The number of carbonyl (C=O) groups excluding carboxylic acids is 2. The average Bonchev–Trinajstić information content (AvgIpc) is 3.12. The van der Waals surface area contributed by atoms with Crippen LogP contribution < -0.4 is 10.6 Å². The third kappa shape index (κ3) is 5.29. The van der Waals surface area contributed by atoms with Crippen LogP contribution in [0, 0.1) is 13.8 Å². The Morgan fingerprint density at radius 3 is 2.70 bits per heavy atom. The molecule has 1 saturated carbocycles. The molecule has 0 spiro atoms. The standard InChI is InChI=1S/C18H24N6O2S/c1-12-8-9-14(10-13(12)2)19-17(26)20-16(25)11-27-18-21-22-23-24(18)15-6-4-3-5-7-15/h8-10,15H,3-7,11H2,1-2H3,(H2,19,20,25,26). The van der Waals surface area contributed by atoms with Crippen LogP contribution in [0.1, 0.15) is 49.3 Å². The lowest BCUT2D eigenvalue weighted by molar-refractivity contribution is -0.117. The number of benzene rings is 1. The number of nitrogens with zero attached hydrogens (tertiary/aromatic N) is 4. The Balaban J connectivity index is 1.49. The van der Waals surface area contributed by atoms with Gasteiger partial charge in [0.05, 0.1) is 11.8 Å². The Kier molecular flexibility index (Phi) is 6.44. The molecule has 144 valence electrons. The molecule has 8 nitrogen and oxygen atoms in total. The SMILES string of the molecule is Cc1ccc(NC(=O)NC(=O)CSc2nnnn2C2CCCCC2)cc1C. The summed E-state index contributed by atoms with van der Waals surface area (Å²) in [7, 11) is 0. The molecule has 0 saturated heterocycles. The minimum absolute atomic E-state index is 0.0768. The van der Waals surface area contributed by atoms with Crippen molar-refractivity contribution in [3.8, 4) is 0 Å². The van der Waals surface area contributed by atoms with Gasteiger partial charge in [0.1, 0.15) is 0 Å². The number of anilines is 1. The molecule has 0 unspecified atom stereocenters. The molecule has 1 aliphatic rings. The van der Waals surface area contributed by atoms with Crippen LogP contribution in [0.2, 0.25) is 0 Å². The van der Waals surface area contributed by atoms with Crippen molar-refractivity contribution in [2.75, 3.05) is 11.1 Å². The number of imide groups is 1. The van der Waals surface area contributed by atoms with Crippen LogP contribution in [0.15, 0.2) is 23.4 Å². The van der Waals surface area contributed by atoms with E-state index in [1.165, 1.54) is 31.0 Å². The molecule has 0 aliphatic heterocycles. The van der Waals surface area contributed by atoms with Crippen molar-refractivity contribution in [1.82, 2.24) is 25.5 Å². The highest BCUT2D eigenvalue weighted by atomic mass is 32.2. The first kappa shape index (κ1) is 19.3. The zero-order chi connectivity index (χ0) is 19.2. The number of hydrogen-bond donors (Lipinski definition) is 2. The van der Waals surface area contributed by atoms with Gasteiger partial charge < -0.3 is 5.32 Å². The quantitative estimate of drug-likeness (QED) is 0.763. The van der Waals surface area contributed by atoms with Gasteiger partial charge in [-0.05, 0) is 60.4 Å². The van der Waals surface area contributed by atoms with Crippen molar-refractivity contribution in [3.05, 3.63) is 29.3 Å². The predicted molar refractivity (Wildman–Crippen MR) is 104 cm³/mol. The van der Waals surface area contributed by atoms with Gasteiger partial charge in [-0.2, -0.15) is 0 Å². The van der Waals surface area contributed by atoms with Crippen molar-refractivity contribution >= 4 is 29.4 Å². The monoisotopic (exact) mass is 388 g/mol. The van der Waals surface area contributed by atoms with Gasteiger partial charge >= 0.3 is 6.03 Å². The van der Waals surface area contributed by atoms with E-state index in [9.17, 15) is 9.59 Å². The number of aromatic nitrogens is 4. The minimum atomic E-state index is -0.546. The zero-order valence-corrected chi connectivity index (χ0v) is 16.4. The van der Waals surface area contributed by atoms with E-state index in [2.05, 4.69) is 26.2 Å². The fraction of sp³-hybridized carbons (Fsp3) is 0.500. The zero-order valence-electron chi connectivity index (χ0n) is 15.6. The molecule has 0 radical (unpaired) electrons. The average molecular weight is 388 g/mol. The first-order chi connectivity index (χ1) is 13.0. The highest BCUT2D eigenvalue weighted by molar-refractivity contribution is 7.99. The summed E-state index contributed by atoms with van der Waals surface area (Å²) in [4.78, 5) is 24.1. The first-order valence-corrected chi connectivity index (χ1v) is 10.1. The van der Waals surface area contributed by atoms with Gasteiger partial charge in [0.2, 0.25) is 11.1 Å². The summed E-state index contributed by atoms with van der Waals surface area (Å²) in [6.45, 7) is 3.97. The largest absolute Gasteiger partial charge is 0.325 e. The van der Waals surface area contributed by atoms with Crippen molar-refractivity contribution in [3.63, 3.8) is 0 Å². The number of thioether (sulfide) groups is 1. The van der Waals surface area contributed by atoms with E-state index in [0.717, 1.165) is 24.0 Å². The number of nitrogens with one attached hydrogen (secondary N) is 2. The van der Waals surface area contributed by atoms with Crippen molar-refractivity contribution in [2.45, 2.75) is 57.1 Å². The lowest BCUT2D eigenvalue weighted by Gasteiger charge is -2.21. The maximum Gasteiger partial charge on any atom is 0.325 e. The van der Waals surface area contributed by atoms with Crippen LogP contribution in [0.25, 0.3) is 0 Å². The first-order valence-electron chi connectivity index (χ1n) is 9.11. The second kappa shape index (κ2) is 8.98. The fourth-order valence-corrected chi connectivity index (χ4v) is 3.85. The van der Waals surface area contributed by atoms with Crippen molar-refractivity contribution in [2.24, 2.45) is 0 Å². The molecule has 0 atom stereocenters. The van der Waals surface area contributed by atoms with Crippen LogP contribution in [0.5, 0.6) is 0 Å². The molecule has 1 fully saturated rings. The van der Waals surface area contributed by atoms with Crippen LogP contribution in [0.3, 0.4) is 0 Å². The number of urea groups is 1. The Morgan fingerprint density at radius 2 is 1.96 bits per heavy atom. The third-order valence-corrected chi connectivity index (χ3v) is 5.67. The topological polar surface area (TPSA) is 102 Å². The summed E-state index contributed by atoms with van der Waals surface area (Å²) >= 11 is 1.24. The van der Waals surface area contributed by atoms with Gasteiger partial charge in [-0.3, -0.25) is 10.1 Å². The lowest BCUT2D eigenvalue weighted by Crippen LogP contribution is -2.35. The van der Waals surface area contributed by atoms with E-state index in [1.54, 1.807) is 6.07 Å². The third-order valence-electron chi connectivity index (χ3n) is 4.73. The molecular formula is C18H24N6O2S. The number of tetrazole rings is 1. The normalized spacial score (nSPS) is 14.7. The Morgan fingerprint density at radius 1 is 1.19 bits per heavy atom. The highest BCUT2D eigenvalue weighted by Gasteiger charge is 2.21. The van der Waals surface area contributed by atoms with Crippen LogP contribution in [0.4, 0.5) is 10.5 Å². The predicted octanol–water partition coefficient (Wildman–Crippen LogP) is 3.24. The second-order valence-electron chi connectivity index (χ2n) is 6.79. The van der Waals surface area contributed by atoms with Gasteiger partial charge in [-0.25, -0.2) is 9.48 Å². The Bertz CT molecular complexity index is 816. The molecule has 0 bridgehead atoms. The van der Waals surface area contributed by atoms with Crippen LogP contribution >= 0.6 is 11.8 Å². The Labute approximate surface area is 162 Å². The second-order valence-corrected chi connectivity index (χ2v) is 7.73. The molecule has 9 heteroatoms. The van der Waals surface area contributed by atoms with Gasteiger partial charge in [0, 0.05) is 5.69 Å². The number of aryl methyl sites for hydroxylation is 2. The fourth-order valence-electron chi connectivity index (χ4n) is 3.11. The van der Waals surface area contributed by atoms with E-state index < -0.39 is 6.03 Å². The summed E-state index contributed by atoms with van der Waals surface area (Å²) in [5.41, 5.74) is 2.87. The van der Waals surface area contributed by atoms with Gasteiger partial charge in [-0.1, -0.05) is 37.1 Å². The van der Waals surface area contributed by atoms with Crippen molar-refractivity contribution < 1.29 is 9.59 Å². The highest BCUT2D eigenvalue weighted by Crippen LogP contribution is 2.30. The number of hydrogen-bond acceptors (Lipinski definition) is 6. The molecule has 2 aromatic rings. The van der Waals surface area contributed by atoms with Gasteiger partial charge in [-0.15, -0.1) is 5.10 Å². The van der Waals surface area contributed by atoms with Crippen LogP contribution in [-0.2, 0) is 4.79 Å². The summed E-state index contributed by atoms with van der Waals surface area (Å²) in [6.07, 6.45) is 5.72. The maximum absolute atomic E-state index is 12.1. The molecule has 3 amide bonds. The maximum atomic E-state index is 12.1. The van der Waals surface area contributed by atoms with Crippen LogP contribution in [-0.4, -0.2) is 37.9 Å². The molecule has 2 N–H and O–H groups in total. The summed E-state index contributed by atoms with van der Waals surface area (Å²) in [5, 5.41) is 17.4. The molecular weight excluding hydrogens is 364 g/mol. The molecule has 3 rings (SSSR count). The summed E-state index contributed by atoms with van der Waals surface area (Å²) in [5.74, 6) is -0.313. The smallest absolute Gasteiger partial charge is 0.308 e. The van der Waals surface area contributed by atoms with Gasteiger partial charge in [0.15, 0.2) is 0 Å². The van der Waals surface area contributed by atoms with E-state index in [0.29, 0.717) is 16.9 Å². The van der Waals surface area contributed by atoms with Crippen molar-refractivity contribution in [1.29, 1.82) is 0 Å². The molecule has 1 aromatic carbocycles. The van der Waals surface area contributed by atoms with E-state index >= 15 is 0 Å². The lowest BCUT2D eigenvalue weighted by atomic mass is 9.96. The summed E-state index contributed by atoms with van der Waals surface area (Å²) in [6, 6.07) is 5.35. The molecule has 1 heterocycles. The van der Waals surface area contributed by atoms with E-state index in [4.69, 9.17) is 0 Å². The van der Waals surface area contributed by atoms with Gasteiger partial charge in [0.25, 0.3) is 0 Å². The number of carbonyl (C=O) groups is 2. The molecule has 1 aromatic heterocycles. The molecule has 1 aliphatic carbocycles. The van der Waals surface area contributed by atoms with E-state index in [-0.39, 0.29) is 11.7 Å². The molecule has 27 heavy (non-hydrogen) atoms. The Hall–Kier alpha value is -2.42. The minimum Gasteiger partial charge on any atom is -0.308 e. The number of rotatable bonds is 5. The number of amides is 3.